The predicted molar refractivity (Wildman–Crippen MR) is 65.2 cm³/mol. The largest absolute Gasteiger partial charge is 0.469 e. The highest BCUT2D eigenvalue weighted by Crippen LogP contribution is 2.25. The molecule has 0 N–H and O–H groups in total. The summed E-state index contributed by atoms with van der Waals surface area (Å²) in [5, 5.41) is 0. The van der Waals surface area contributed by atoms with Crippen molar-refractivity contribution in [2.75, 3.05) is 20.2 Å². The number of nitrogens with zero attached hydrogens (tertiary/aromatic N) is 1. The van der Waals surface area contributed by atoms with Crippen molar-refractivity contribution < 1.29 is 26.7 Å². The third-order valence-corrected chi connectivity index (χ3v) is 5.08. The number of hydrogen-bond acceptors (Lipinski definition) is 4. The van der Waals surface area contributed by atoms with Crippen LogP contribution in [0.5, 0.6) is 0 Å². The van der Waals surface area contributed by atoms with E-state index >= 15 is 0 Å². The first kappa shape index (κ1) is 14.9. The van der Waals surface area contributed by atoms with E-state index in [4.69, 9.17) is 0 Å². The Bertz CT molecular complexity index is 632. The Morgan fingerprint density at radius 1 is 1.35 bits per heavy atom. The fraction of sp³-hybridized carbons (Fsp3) is 0.417. The Labute approximate surface area is 115 Å². The molecule has 1 unspecified atom stereocenters. The van der Waals surface area contributed by atoms with Crippen molar-refractivity contribution in [1.82, 2.24) is 4.31 Å². The first-order chi connectivity index (χ1) is 9.36. The maximum Gasteiger partial charge on any atom is 0.310 e. The number of carbonyl (C=O) groups excluding carboxylic acids is 1. The smallest absolute Gasteiger partial charge is 0.310 e. The van der Waals surface area contributed by atoms with Gasteiger partial charge < -0.3 is 4.74 Å². The summed E-state index contributed by atoms with van der Waals surface area (Å²) in [7, 11) is -2.70. The number of benzene rings is 1. The van der Waals surface area contributed by atoms with Crippen molar-refractivity contribution >= 4 is 16.0 Å². The second kappa shape index (κ2) is 5.45. The molecule has 20 heavy (non-hydrogen) atoms. The number of halogens is 2. The van der Waals surface area contributed by atoms with Crippen LogP contribution in [-0.4, -0.2) is 38.9 Å². The van der Waals surface area contributed by atoms with Crippen molar-refractivity contribution in [3.63, 3.8) is 0 Å². The van der Waals surface area contributed by atoms with Crippen LogP contribution < -0.4 is 0 Å². The minimum Gasteiger partial charge on any atom is -0.469 e. The number of sulfonamides is 1. The predicted octanol–water partition coefficient (Wildman–Crippen LogP) is 1.15. The van der Waals surface area contributed by atoms with E-state index < -0.39 is 33.5 Å². The molecule has 0 bridgehead atoms. The van der Waals surface area contributed by atoms with Crippen LogP contribution in [-0.2, 0) is 19.6 Å². The van der Waals surface area contributed by atoms with E-state index in [1.54, 1.807) is 0 Å². The first-order valence-electron chi connectivity index (χ1n) is 5.89. The Morgan fingerprint density at radius 2 is 2.05 bits per heavy atom. The average Bonchev–Trinajstić information content (AvgIpc) is 2.91. The lowest BCUT2D eigenvalue weighted by molar-refractivity contribution is -0.144. The fourth-order valence-corrected chi connectivity index (χ4v) is 3.60. The lowest BCUT2D eigenvalue weighted by Crippen LogP contribution is -2.30. The Balaban J connectivity index is 2.23. The van der Waals surface area contributed by atoms with Gasteiger partial charge in [-0.15, -0.1) is 0 Å². The number of esters is 1. The molecule has 2 rings (SSSR count). The summed E-state index contributed by atoms with van der Waals surface area (Å²) in [5.41, 5.74) is 0. The van der Waals surface area contributed by atoms with E-state index in [1.165, 1.54) is 7.11 Å². The molecule has 5 nitrogen and oxygen atoms in total. The lowest BCUT2D eigenvalue weighted by atomic mass is 10.1. The Kier molecular flexibility index (Phi) is 4.05. The minimum absolute atomic E-state index is 0.0198. The van der Waals surface area contributed by atoms with Crippen LogP contribution >= 0.6 is 0 Å². The minimum atomic E-state index is -3.93. The van der Waals surface area contributed by atoms with Crippen LogP contribution in [0.1, 0.15) is 6.42 Å². The SMILES string of the molecule is COC(=O)C1CCN(S(=O)(=O)c2ccc(F)c(F)c2)C1. The maximum absolute atomic E-state index is 13.1. The maximum atomic E-state index is 13.1. The highest BCUT2D eigenvalue weighted by molar-refractivity contribution is 7.89. The Morgan fingerprint density at radius 3 is 2.65 bits per heavy atom. The molecule has 1 fully saturated rings. The molecule has 0 amide bonds. The summed E-state index contributed by atoms with van der Waals surface area (Å²) in [4.78, 5) is 11.0. The molecule has 1 aromatic carbocycles. The van der Waals surface area contributed by atoms with Gasteiger partial charge in [0.05, 0.1) is 17.9 Å². The fourth-order valence-electron chi connectivity index (χ4n) is 2.09. The molecule has 0 saturated carbocycles. The highest BCUT2D eigenvalue weighted by Gasteiger charge is 2.36. The van der Waals surface area contributed by atoms with E-state index in [9.17, 15) is 22.0 Å². The van der Waals surface area contributed by atoms with Gasteiger partial charge in [-0.2, -0.15) is 4.31 Å². The Hall–Kier alpha value is -1.54. The van der Waals surface area contributed by atoms with Crippen LogP contribution in [0.25, 0.3) is 0 Å². The summed E-state index contributed by atoms with van der Waals surface area (Å²) < 4.78 is 56.1. The summed E-state index contributed by atoms with van der Waals surface area (Å²) >= 11 is 0. The third kappa shape index (κ3) is 2.66. The molecule has 0 spiro atoms. The molecule has 1 atom stereocenters. The second-order valence-corrected chi connectivity index (χ2v) is 6.39. The zero-order chi connectivity index (χ0) is 14.9. The molecule has 1 heterocycles. The van der Waals surface area contributed by atoms with E-state index in [1.807, 2.05) is 0 Å². The topological polar surface area (TPSA) is 63.7 Å². The number of rotatable bonds is 3. The molecule has 0 aromatic heterocycles. The zero-order valence-corrected chi connectivity index (χ0v) is 11.5. The normalized spacial score (nSPS) is 20.1. The summed E-state index contributed by atoms with van der Waals surface area (Å²) in [6.07, 6.45) is 0.343. The van der Waals surface area contributed by atoms with Gasteiger partial charge in [0.2, 0.25) is 10.0 Å². The molecular weight excluding hydrogens is 292 g/mol. The molecule has 0 radical (unpaired) electrons. The van der Waals surface area contributed by atoms with Gasteiger partial charge in [-0.25, -0.2) is 17.2 Å². The highest BCUT2D eigenvalue weighted by atomic mass is 32.2. The van der Waals surface area contributed by atoms with Crippen molar-refractivity contribution in [1.29, 1.82) is 0 Å². The zero-order valence-electron chi connectivity index (χ0n) is 10.7. The van der Waals surface area contributed by atoms with Gasteiger partial charge in [0.1, 0.15) is 0 Å². The van der Waals surface area contributed by atoms with Crippen molar-refractivity contribution in [3.8, 4) is 0 Å². The van der Waals surface area contributed by atoms with Gasteiger partial charge in [0.25, 0.3) is 0 Å². The second-order valence-electron chi connectivity index (χ2n) is 4.45. The number of ether oxygens (including phenoxy) is 1. The van der Waals surface area contributed by atoms with Gasteiger partial charge in [-0.05, 0) is 24.6 Å². The average molecular weight is 305 g/mol. The van der Waals surface area contributed by atoms with Crippen LogP contribution in [0, 0.1) is 17.6 Å². The molecule has 1 aliphatic heterocycles. The van der Waals surface area contributed by atoms with Gasteiger partial charge >= 0.3 is 5.97 Å². The number of carbonyl (C=O) groups is 1. The summed E-state index contributed by atoms with van der Waals surface area (Å²) in [6.45, 7) is 0.120. The molecule has 1 aliphatic rings. The molecule has 0 aliphatic carbocycles. The van der Waals surface area contributed by atoms with Crippen LogP contribution in [0.15, 0.2) is 23.1 Å². The van der Waals surface area contributed by atoms with E-state index in [0.29, 0.717) is 12.5 Å². The van der Waals surface area contributed by atoms with Crippen LogP contribution in [0.2, 0.25) is 0 Å². The quantitative estimate of drug-likeness (QED) is 0.786. The molecule has 8 heteroatoms. The van der Waals surface area contributed by atoms with E-state index in [2.05, 4.69) is 4.74 Å². The van der Waals surface area contributed by atoms with Gasteiger partial charge in [-0.1, -0.05) is 0 Å². The lowest BCUT2D eigenvalue weighted by Gasteiger charge is -2.16. The molecule has 1 saturated heterocycles. The molecule has 110 valence electrons. The summed E-state index contributed by atoms with van der Waals surface area (Å²) in [6, 6.07) is 2.39. The van der Waals surface area contributed by atoms with Crippen molar-refractivity contribution in [2.45, 2.75) is 11.3 Å². The van der Waals surface area contributed by atoms with Gasteiger partial charge in [0.15, 0.2) is 11.6 Å². The van der Waals surface area contributed by atoms with Crippen LogP contribution in [0.3, 0.4) is 0 Å². The van der Waals surface area contributed by atoms with Gasteiger partial charge in [-0.3, -0.25) is 4.79 Å². The molecule has 1 aromatic rings. The van der Waals surface area contributed by atoms with Gasteiger partial charge in [0, 0.05) is 13.1 Å². The van der Waals surface area contributed by atoms with E-state index in [0.717, 1.165) is 16.4 Å². The standard InChI is InChI=1S/C12H13F2NO4S/c1-19-12(16)8-4-5-15(7-8)20(17,18)9-2-3-10(13)11(14)6-9/h2-3,6,8H,4-5,7H2,1H3. The number of hydrogen-bond donors (Lipinski definition) is 0. The van der Waals surface area contributed by atoms with Crippen molar-refractivity contribution in [3.05, 3.63) is 29.8 Å². The first-order valence-corrected chi connectivity index (χ1v) is 7.33. The van der Waals surface area contributed by atoms with E-state index in [-0.39, 0.29) is 18.0 Å². The van der Waals surface area contributed by atoms with Crippen molar-refractivity contribution in [2.24, 2.45) is 5.92 Å². The monoisotopic (exact) mass is 305 g/mol. The van der Waals surface area contributed by atoms with Crippen LogP contribution in [0.4, 0.5) is 8.78 Å². The summed E-state index contributed by atoms with van der Waals surface area (Å²) in [5.74, 6) is -3.35. The molecular formula is C12H13F2NO4S. The number of methoxy groups -OCH3 is 1. The third-order valence-electron chi connectivity index (χ3n) is 3.21.